The lowest BCUT2D eigenvalue weighted by Gasteiger charge is -2.44. The molecule has 5 heteroatoms. The van der Waals surface area contributed by atoms with Crippen molar-refractivity contribution in [3.63, 3.8) is 0 Å². The molecule has 3 aliphatic rings. The van der Waals surface area contributed by atoms with E-state index in [1.165, 1.54) is 25.7 Å². The van der Waals surface area contributed by atoms with Crippen molar-refractivity contribution in [3.8, 4) is 0 Å². The summed E-state index contributed by atoms with van der Waals surface area (Å²) in [5.74, 6) is 0. The molecule has 1 spiro atoms. The van der Waals surface area contributed by atoms with Gasteiger partial charge >= 0.3 is 6.09 Å². The molecule has 1 heterocycles. The number of amides is 1. The van der Waals surface area contributed by atoms with Crippen LogP contribution in [0.25, 0.3) is 0 Å². The summed E-state index contributed by atoms with van der Waals surface area (Å²) in [4.78, 5) is 14.6. The maximum atomic E-state index is 12.1. The molecule has 23 heavy (non-hydrogen) atoms. The lowest BCUT2D eigenvalue weighted by atomic mass is 9.84. The van der Waals surface area contributed by atoms with Crippen LogP contribution in [-0.4, -0.2) is 53.0 Å². The summed E-state index contributed by atoms with van der Waals surface area (Å²) in [6.45, 7) is 7.85. The zero-order chi connectivity index (χ0) is 16.7. The highest BCUT2D eigenvalue weighted by molar-refractivity contribution is 5.68. The first-order valence-electron chi connectivity index (χ1n) is 9.18. The van der Waals surface area contributed by atoms with E-state index in [4.69, 9.17) is 4.74 Å². The molecule has 0 aromatic carbocycles. The van der Waals surface area contributed by atoms with Gasteiger partial charge in [-0.1, -0.05) is 0 Å². The van der Waals surface area contributed by atoms with Gasteiger partial charge in [0, 0.05) is 12.1 Å². The van der Waals surface area contributed by atoms with Crippen LogP contribution >= 0.6 is 0 Å². The number of ether oxygens (including phenoxy) is 1. The number of rotatable bonds is 2. The van der Waals surface area contributed by atoms with Gasteiger partial charge in [0.1, 0.15) is 5.60 Å². The van der Waals surface area contributed by atoms with E-state index < -0.39 is 5.60 Å². The molecule has 2 saturated carbocycles. The van der Waals surface area contributed by atoms with E-state index in [1.807, 2.05) is 20.8 Å². The standard InChI is InChI=1S/C18H32N2O3/c1-17(2,3)23-16(22)19-14-5-4-13(21)12-15(14)20-10-8-18(6-7-18)9-11-20/h13-15,21H,4-12H2,1-3H3,(H,19,22). The van der Waals surface area contributed by atoms with Crippen LogP contribution < -0.4 is 5.32 Å². The molecule has 3 fully saturated rings. The number of alkyl carbamates (subject to hydrolysis) is 1. The van der Waals surface area contributed by atoms with Gasteiger partial charge in [-0.3, -0.25) is 4.90 Å². The maximum absolute atomic E-state index is 12.1. The summed E-state index contributed by atoms with van der Waals surface area (Å²) in [6, 6.07) is 0.323. The number of carbonyl (C=O) groups is 1. The minimum atomic E-state index is -0.475. The minimum absolute atomic E-state index is 0.0847. The van der Waals surface area contributed by atoms with Crippen LogP contribution in [-0.2, 0) is 4.74 Å². The first kappa shape index (κ1) is 17.0. The highest BCUT2D eigenvalue weighted by Crippen LogP contribution is 2.54. The molecule has 1 saturated heterocycles. The Balaban J connectivity index is 1.59. The lowest BCUT2D eigenvalue weighted by Crippen LogP contribution is -2.57. The molecule has 0 radical (unpaired) electrons. The average Bonchev–Trinajstić information content (AvgIpc) is 3.19. The number of hydrogen-bond donors (Lipinski definition) is 2. The topological polar surface area (TPSA) is 61.8 Å². The van der Waals surface area contributed by atoms with Gasteiger partial charge in [-0.05, 0) is 84.2 Å². The Hall–Kier alpha value is -0.810. The normalized spacial score (nSPS) is 34.2. The Kier molecular flexibility index (Phi) is 4.62. The van der Waals surface area contributed by atoms with Crippen molar-refractivity contribution in [2.24, 2.45) is 5.41 Å². The number of aliphatic hydroxyl groups is 1. The summed E-state index contributed by atoms with van der Waals surface area (Å²) < 4.78 is 5.41. The largest absolute Gasteiger partial charge is 0.444 e. The van der Waals surface area contributed by atoms with E-state index in [0.717, 1.165) is 32.4 Å². The molecule has 5 nitrogen and oxygen atoms in total. The van der Waals surface area contributed by atoms with E-state index in [2.05, 4.69) is 10.2 Å². The van der Waals surface area contributed by atoms with E-state index in [9.17, 15) is 9.90 Å². The number of hydrogen-bond acceptors (Lipinski definition) is 4. The Morgan fingerprint density at radius 2 is 1.83 bits per heavy atom. The summed E-state index contributed by atoms with van der Waals surface area (Å²) in [7, 11) is 0. The average molecular weight is 324 g/mol. The van der Waals surface area contributed by atoms with Gasteiger partial charge < -0.3 is 15.2 Å². The molecular weight excluding hydrogens is 292 g/mol. The molecule has 2 N–H and O–H groups in total. The second-order valence-corrected chi connectivity index (χ2v) is 8.82. The Morgan fingerprint density at radius 1 is 1.17 bits per heavy atom. The van der Waals surface area contributed by atoms with Crippen LogP contribution in [0.2, 0.25) is 0 Å². The van der Waals surface area contributed by atoms with Gasteiger partial charge in [0.05, 0.1) is 6.10 Å². The molecule has 0 bridgehead atoms. The number of likely N-dealkylation sites (tertiary alicyclic amines) is 1. The van der Waals surface area contributed by atoms with E-state index in [-0.39, 0.29) is 24.3 Å². The van der Waals surface area contributed by atoms with Crippen LogP contribution in [0.5, 0.6) is 0 Å². The summed E-state index contributed by atoms with van der Waals surface area (Å²) in [5, 5.41) is 13.2. The lowest BCUT2D eigenvalue weighted by molar-refractivity contribution is 0.0117. The van der Waals surface area contributed by atoms with E-state index >= 15 is 0 Å². The van der Waals surface area contributed by atoms with Gasteiger partial charge in [-0.2, -0.15) is 0 Å². The van der Waals surface area contributed by atoms with Crippen molar-refractivity contribution in [2.45, 2.75) is 89.5 Å². The molecular formula is C18H32N2O3. The van der Waals surface area contributed by atoms with E-state index in [0.29, 0.717) is 5.41 Å². The van der Waals surface area contributed by atoms with Gasteiger partial charge in [0.25, 0.3) is 0 Å². The minimum Gasteiger partial charge on any atom is -0.444 e. The first-order chi connectivity index (χ1) is 10.8. The number of aliphatic hydroxyl groups excluding tert-OH is 1. The van der Waals surface area contributed by atoms with Crippen molar-refractivity contribution >= 4 is 6.09 Å². The third-order valence-electron chi connectivity index (χ3n) is 5.78. The summed E-state index contributed by atoms with van der Waals surface area (Å²) in [5.41, 5.74) is 0.176. The first-order valence-corrected chi connectivity index (χ1v) is 9.18. The molecule has 0 aromatic heterocycles. The Morgan fingerprint density at radius 3 is 2.39 bits per heavy atom. The predicted octanol–water partition coefficient (Wildman–Crippen LogP) is 2.67. The van der Waals surface area contributed by atoms with Crippen LogP contribution in [0.4, 0.5) is 4.79 Å². The fraction of sp³-hybridized carbons (Fsp3) is 0.944. The third kappa shape index (κ3) is 4.38. The highest BCUT2D eigenvalue weighted by atomic mass is 16.6. The number of nitrogens with zero attached hydrogens (tertiary/aromatic N) is 1. The van der Waals surface area contributed by atoms with Gasteiger partial charge in [-0.15, -0.1) is 0 Å². The maximum Gasteiger partial charge on any atom is 0.407 e. The molecule has 3 atom stereocenters. The molecule has 2 aliphatic carbocycles. The monoisotopic (exact) mass is 324 g/mol. The Labute approximate surface area is 139 Å². The zero-order valence-corrected chi connectivity index (χ0v) is 14.8. The van der Waals surface area contributed by atoms with Gasteiger partial charge in [-0.25, -0.2) is 4.79 Å². The molecule has 1 aliphatic heterocycles. The second kappa shape index (κ2) is 6.25. The third-order valence-corrected chi connectivity index (χ3v) is 5.78. The van der Waals surface area contributed by atoms with Gasteiger partial charge in [0.15, 0.2) is 0 Å². The van der Waals surface area contributed by atoms with Crippen LogP contribution in [0.3, 0.4) is 0 Å². The number of piperidine rings is 1. The molecule has 3 unspecified atom stereocenters. The molecule has 132 valence electrons. The Bertz CT molecular complexity index is 432. The molecule has 1 amide bonds. The van der Waals surface area contributed by atoms with Crippen molar-refractivity contribution in [1.29, 1.82) is 0 Å². The smallest absolute Gasteiger partial charge is 0.407 e. The predicted molar refractivity (Wildman–Crippen MR) is 89.3 cm³/mol. The number of nitrogens with one attached hydrogen (secondary N) is 1. The van der Waals surface area contributed by atoms with Crippen molar-refractivity contribution in [1.82, 2.24) is 10.2 Å². The van der Waals surface area contributed by atoms with Crippen LogP contribution in [0.1, 0.15) is 65.7 Å². The van der Waals surface area contributed by atoms with Crippen molar-refractivity contribution in [3.05, 3.63) is 0 Å². The highest BCUT2D eigenvalue weighted by Gasteiger charge is 2.46. The van der Waals surface area contributed by atoms with Crippen LogP contribution in [0.15, 0.2) is 0 Å². The second-order valence-electron chi connectivity index (χ2n) is 8.82. The SMILES string of the molecule is CC(C)(C)OC(=O)NC1CCC(O)CC1N1CCC2(CC1)CC2. The van der Waals surface area contributed by atoms with Crippen LogP contribution in [0, 0.1) is 5.41 Å². The summed E-state index contributed by atoms with van der Waals surface area (Å²) >= 11 is 0. The fourth-order valence-corrected chi connectivity index (χ4v) is 4.16. The van der Waals surface area contributed by atoms with Crippen molar-refractivity contribution in [2.75, 3.05) is 13.1 Å². The summed E-state index contributed by atoms with van der Waals surface area (Å²) in [6.07, 6.45) is 7.11. The number of carbonyl (C=O) groups excluding carboxylic acids is 1. The quantitative estimate of drug-likeness (QED) is 0.820. The zero-order valence-electron chi connectivity index (χ0n) is 14.8. The molecule has 0 aromatic rings. The van der Waals surface area contributed by atoms with Crippen molar-refractivity contribution < 1.29 is 14.6 Å². The molecule has 3 rings (SSSR count). The fourth-order valence-electron chi connectivity index (χ4n) is 4.16. The van der Waals surface area contributed by atoms with E-state index in [1.54, 1.807) is 0 Å². The van der Waals surface area contributed by atoms with Gasteiger partial charge in [0.2, 0.25) is 0 Å².